The topological polar surface area (TPSA) is 29.5 Å². The van der Waals surface area contributed by atoms with E-state index >= 15 is 0 Å². The van der Waals surface area contributed by atoms with Crippen molar-refractivity contribution in [1.82, 2.24) is 0 Å². The zero-order valence-electron chi connectivity index (χ0n) is 8.74. The van der Waals surface area contributed by atoms with Gasteiger partial charge in [0.15, 0.2) is 0 Å². The Balaban J connectivity index is 2.07. The van der Waals surface area contributed by atoms with Crippen LogP contribution in [0.15, 0.2) is 22.7 Å². The Morgan fingerprint density at radius 1 is 1.40 bits per heavy atom. The molecule has 0 heterocycles. The van der Waals surface area contributed by atoms with Gasteiger partial charge < -0.3 is 9.84 Å². The summed E-state index contributed by atoms with van der Waals surface area (Å²) in [6.45, 7) is 2.03. The van der Waals surface area contributed by atoms with Crippen LogP contribution in [0.1, 0.15) is 24.8 Å². The lowest BCUT2D eigenvalue weighted by atomic mass is 10.2. The third-order valence-corrected chi connectivity index (χ3v) is 3.72. The smallest absolute Gasteiger partial charge is 0.124 e. The van der Waals surface area contributed by atoms with Crippen molar-refractivity contribution in [2.24, 2.45) is 0 Å². The maximum absolute atomic E-state index is 9.64. The Bertz CT molecular complexity index is 351. The van der Waals surface area contributed by atoms with Gasteiger partial charge in [-0.1, -0.05) is 15.9 Å². The number of aryl methyl sites for hydroxylation is 1. The summed E-state index contributed by atoms with van der Waals surface area (Å²) in [6, 6.07) is 5.91. The van der Waals surface area contributed by atoms with Gasteiger partial charge in [0, 0.05) is 4.47 Å². The van der Waals surface area contributed by atoms with Crippen molar-refractivity contribution >= 4 is 15.9 Å². The number of hydrogen-bond donors (Lipinski definition) is 1. The van der Waals surface area contributed by atoms with E-state index in [1.807, 2.05) is 25.1 Å². The second-order valence-electron chi connectivity index (χ2n) is 4.07. The van der Waals surface area contributed by atoms with E-state index in [1.165, 1.54) is 0 Å². The summed E-state index contributed by atoms with van der Waals surface area (Å²) in [5.41, 5.74) is 1.15. The molecule has 2 rings (SSSR count). The lowest BCUT2D eigenvalue weighted by Crippen LogP contribution is -2.25. The highest BCUT2D eigenvalue weighted by Gasteiger charge is 2.26. The molecule has 0 spiro atoms. The fraction of sp³-hybridized carbons (Fsp3) is 0.500. The van der Waals surface area contributed by atoms with E-state index in [0.717, 1.165) is 35.0 Å². The van der Waals surface area contributed by atoms with Crippen molar-refractivity contribution in [3.05, 3.63) is 28.2 Å². The van der Waals surface area contributed by atoms with Gasteiger partial charge in [-0.3, -0.25) is 0 Å². The molecule has 1 aromatic carbocycles. The number of halogens is 1. The van der Waals surface area contributed by atoms with E-state index < -0.39 is 0 Å². The van der Waals surface area contributed by atoms with E-state index in [0.29, 0.717) is 0 Å². The molecule has 2 atom stereocenters. The van der Waals surface area contributed by atoms with Crippen molar-refractivity contribution in [3.63, 3.8) is 0 Å². The first-order valence-corrected chi connectivity index (χ1v) is 6.07. The number of ether oxygens (including phenoxy) is 1. The molecule has 1 fully saturated rings. The highest BCUT2D eigenvalue weighted by molar-refractivity contribution is 9.10. The lowest BCUT2D eigenvalue weighted by molar-refractivity contribution is 0.0603. The molecule has 0 bridgehead atoms. The van der Waals surface area contributed by atoms with Crippen LogP contribution in [0, 0.1) is 6.92 Å². The lowest BCUT2D eigenvalue weighted by Gasteiger charge is -2.17. The van der Waals surface area contributed by atoms with E-state index in [1.54, 1.807) is 0 Å². The van der Waals surface area contributed by atoms with Crippen LogP contribution in [0.3, 0.4) is 0 Å². The third-order valence-electron chi connectivity index (χ3n) is 2.83. The summed E-state index contributed by atoms with van der Waals surface area (Å²) in [6.07, 6.45) is 2.55. The van der Waals surface area contributed by atoms with Gasteiger partial charge >= 0.3 is 0 Å². The SMILES string of the molecule is Cc1cc(O[C@H]2CCC[C@@H]2O)ccc1Br. The van der Waals surface area contributed by atoms with Crippen molar-refractivity contribution in [3.8, 4) is 5.75 Å². The molecular weight excluding hydrogens is 256 g/mol. The molecule has 0 amide bonds. The van der Waals surface area contributed by atoms with E-state index in [9.17, 15) is 5.11 Å². The predicted octanol–water partition coefficient (Wildman–Crippen LogP) is 3.05. The van der Waals surface area contributed by atoms with Gasteiger partial charge in [-0.15, -0.1) is 0 Å². The molecule has 1 saturated carbocycles. The Hall–Kier alpha value is -0.540. The summed E-state index contributed by atoms with van der Waals surface area (Å²) >= 11 is 3.45. The summed E-state index contributed by atoms with van der Waals surface area (Å²) in [5, 5.41) is 9.64. The first-order chi connectivity index (χ1) is 7.16. The quantitative estimate of drug-likeness (QED) is 0.895. The largest absolute Gasteiger partial charge is 0.488 e. The Morgan fingerprint density at radius 3 is 2.80 bits per heavy atom. The Labute approximate surface area is 98.4 Å². The second kappa shape index (κ2) is 4.54. The monoisotopic (exact) mass is 270 g/mol. The standard InChI is InChI=1S/C12H15BrO2/c1-8-7-9(5-6-10(8)13)15-12-4-2-3-11(12)14/h5-7,11-12,14H,2-4H2,1H3/t11-,12-/m0/s1. The van der Waals surface area contributed by atoms with Gasteiger partial charge in [-0.2, -0.15) is 0 Å². The van der Waals surface area contributed by atoms with Crippen molar-refractivity contribution < 1.29 is 9.84 Å². The summed E-state index contributed by atoms with van der Waals surface area (Å²) in [4.78, 5) is 0. The van der Waals surface area contributed by atoms with Crippen molar-refractivity contribution in [2.45, 2.75) is 38.4 Å². The first kappa shape index (κ1) is 11.0. The Morgan fingerprint density at radius 2 is 2.20 bits per heavy atom. The molecular formula is C12H15BrO2. The van der Waals surface area contributed by atoms with Crippen molar-refractivity contribution in [1.29, 1.82) is 0 Å². The summed E-state index contributed by atoms with van der Waals surface area (Å²) in [5.74, 6) is 0.849. The molecule has 82 valence electrons. The molecule has 0 unspecified atom stereocenters. The fourth-order valence-electron chi connectivity index (χ4n) is 1.91. The number of benzene rings is 1. The molecule has 15 heavy (non-hydrogen) atoms. The van der Waals surface area contributed by atoms with Gasteiger partial charge in [-0.25, -0.2) is 0 Å². The molecule has 1 N–H and O–H groups in total. The van der Waals surface area contributed by atoms with Crippen LogP contribution >= 0.6 is 15.9 Å². The maximum Gasteiger partial charge on any atom is 0.124 e. The van der Waals surface area contributed by atoms with Crippen LogP contribution in [-0.2, 0) is 0 Å². The molecule has 1 aliphatic carbocycles. The van der Waals surface area contributed by atoms with Crippen molar-refractivity contribution in [2.75, 3.05) is 0 Å². The second-order valence-corrected chi connectivity index (χ2v) is 4.92. The van der Waals surface area contributed by atoms with Gasteiger partial charge in [-0.05, 0) is 49.9 Å². The van der Waals surface area contributed by atoms with Gasteiger partial charge in [0.1, 0.15) is 11.9 Å². The predicted molar refractivity (Wildman–Crippen MR) is 63.2 cm³/mol. The zero-order chi connectivity index (χ0) is 10.8. The average Bonchev–Trinajstić information content (AvgIpc) is 2.59. The van der Waals surface area contributed by atoms with Crippen LogP contribution in [0.2, 0.25) is 0 Å². The van der Waals surface area contributed by atoms with Gasteiger partial charge in [0.2, 0.25) is 0 Å². The van der Waals surface area contributed by atoms with Gasteiger partial charge in [0.05, 0.1) is 6.10 Å². The highest BCUT2D eigenvalue weighted by Crippen LogP contribution is 2.27. The van der Waals surface area contributed by atoms with Crippen LogP contribution in [-0.4, -0.2) is 17.3 Å². The van der Waals surface area contributed by atoms with E-state index in [-0.39, 0.29) is 12.2 Å². The Kier molecular flexibility index (Phi) is 3.32. The average molecular weight is 271 g/mol. The van der Waals surface area contributed by atoms with Crippen LogP contribution in [0.25, 0.3) is 0 Å². The maximum atomic E-state index is 9.64. The molecule has 1 aromatic rings. The number of hydrogen-bond acceptors (Lipinski definition) is 2. The molecule has 0 saturated heterocycles. The third kappa shape index (κ3) is 2.52. The normalized spacial score (nSPS) is 25.5. The first-order valence-electron chi connectivity index (χ1n) is 5.27. The molecule has 0 aliphatic heterocycles. The summed E-state index contributed by atoms with van der Waals surface area (Å²) < 4.78 is 6.84. The van der Waals surface area contributed by atoms with E-state index in [2.05, 4.69) is 15.9 Å². The summed E-state index contributed by atoms with van der Waals surface area (Å²) in [7, 11) is 0. The molecule has 0 radical (unpaired) electrons. The molecule has 2 nitrogen and oxygen atoms in total. The fourth-order valence-corrected chi connectivity index (χ4v) is 2.16. The minimum absolute atomic E-state index is 0.0226. The molecule has 1 aliphatic rings. The van der Waals surface area contributed by atoms with E-state index in [4.69, 9.17) is 4.74 Å². The zero-order valence-corrected chi connectivity index (χ0v) is 10.3. The van der Waals surface area contributed by atoms with Crippen LogP contribution in [0.4, 0.5) is 0 Å². The highest BCUT2D eigenvalue weighted by atomic mass is 79.9. The number of rotatable bonds is 2. The van der Waals surface area contributed by atoms with Crippen LogP contribution in [0.5, 0.6) is 5.75 Å². The van der Waals surface area contributed by atoms with Crippen LogP contribution < -0.4 is 4.74 Å². The number of aliphatic hydroxyl groups is 1. The minimum atomic E-state index is -0.297. The number of aliphatic hydroxyl groups excluding tert-OH is 1. The minimum Gasteiger partial charge on any atom is -0.488 e. The molecule has 0 aromatic heterocycles. The van der Waals surface area contributed by atoms with Gasteiger partial charge in [0.25, 0.3) is 0 Å². The molecule has 3 heteroatoms.